The van der Waals surface area contributed by atoms with Crippen molar-refractivity contribution in [2.45, 2.75) is 87.0 Å². The van der Waals surface area contributed by atoms with Crippen LogP contribution in [0.2, 0.25) is 0 Å². The monoisotopic (exact) mass is 424 g/mol. The molecule has 0 fully saturated rings. The molecule has 0 spiro atoms. The zero-order chi connectivity index (χ0) is 22.6. The fraction of sp³-hybridized carbons (Fsp3) is 0.586. The Bertz CT molecular complexity index is 772. The van der Waals surface area contributed by atoms with E-state index in [9.17, 15) is 0 Å². The first-order valence-electron chi connectivity index (χ1n) is 12.0. The van der Waals surface area contributed by atoms with Crippen LogP contribution < -0.4 is 5.30 Å². The Morgan fingerprint density at radius 3 is 1.50 bits per heavy atom. The topological polar surface area (TPSA) is 0 Å². The van der Waals surface area contributed by atoms with Gasteiger partial charge in [0.2, 0.25) is 0 Å². The molecule has 2 aromatic carbocycles. The second-order valence-corrected chi connectivity index (χ2v) is 13.0. The molecular formula is C29H45P. The van der Waals surface area contributed by atoms with E-state index in [4.69, 9.17) is 0 Å². The number of hydrogen-bond donors (Lipinski definition) is 0. The maximum atomic E-state index is 2.50. The van der Waals surface area contributed by atoms with Crippen molar-refractivity contribution in [3.05, 3.63) is 53.1 Å². The molecule has 0 atom stereocenters. The average Bonchev–Trinajstić information content (AvgIpc) is 2.65. The fourth-order valence-electron chi connectivity index (χ4n) is 4.38. The molecule has 166 valence electrons. The van der Waals surface area contributed by atoms with Gasteiger partial charge in [-0.1, -0.05) is 114 Å². The number of benzene rings is 2. The van der Waals surface area contributed by atoms with Crippen LogP contribution in [0.4, 0.5) is 0 Å². The summed E-state index contributed by atoms with van der Waals surface area (Å²) in [4.78, 5) is 0. The van der Waals surface area contributed by atoms with Crippen molar-refractivity contribution in [1.29, 1.82) is 0 Å². The maximum Gasteiger partial charge on any atom is -0.0101 e. The zero-order valence-corrected chi connectivity index (χ0v) is 22.1. The van der Waals surface area contributed by atoms with Gasteiger partial charge in [-0.25, -0.2) is 0 Å². The maximum absolute atomic E-state index is 2.50. The molecule has 0 aliphatic heterocycles. The van der Waals surface area contributed by atoms with Crippen molar-refractivity contribution >= 4 is 13.2 Å². The van der Waals surface area contributed by atoms with Gasteiger partial charge in [0.05, 0.1) is 0 Å². The van der Waals surface area contributed by atoms with Crippen LogP contribution in [0.5, 0.6) is 0 Å². The fourth-order valence-corrected chi connectivity index (χ4v) is 7.51. The molecular weight excluding hydrogens is 379 g/mol. The van der Waals surface area contributed by atoms with Crippen LogP contribution in [0.3, 0.4) is 0 Å². The van der Waals surface area contributed by atoms with Gasteiger partial charge in [-0.15, -0.1) is 0 Å². The molecule has 0 radical (unpaired) electrons. The van der Waals surface area contributed by atoms with Crippen molar-refractivity contribution in [2.24, 2.45) is 11.8 Å². The number of rotatable bonds is 9. The van der Waals surface area contributed by atoms with Crippen LogP contribution in [-0.2, 0) is 0 Å². The SMILES string of the molecule is CC(C)CP(CC(C)C)c1ccccc1-c1c(C(C)C)cc(C(C)C)cc1C(C)C. The van der Waals surface area contributed by atoms with Crippen molar-refractivity contribution in [3.63, 3.8) is 0 Å². The summed E-state index contributed by atoms with van der Waals surface area (Å²) < 4.78 is 0. The van der Waals surface area contributed by atoms with Crippen LogP contribution in [0.1, 0.15) is 104 Å². The Balaban J connectivity index is 2.81. The van der Waals surface area contributed by atoms with E-state index in [1.54, 1.807) is 5.30 Å². The second kappa shape index (κ2) is 10.9. The second-order valence-electron chi connectivity index (χ2n) is 10.7. The first-order valence-corrected chi connectivity index (χ1v) is 13.8. The van der Waals surface area contributed by atoms with E-state index >= 15 is 0 Å². The molecule has 0 nitrogen and oxygen atoms in total. The van der Waals surface area contributed by atoms with E-state index in [-0.39, 0.29) is 7.92 Å². The summed E-state index contributed by atoms with van der Waals surface area (Å²) >= 11 is 0. The van der Waals surface area contributed by atoms with Crippen LogP contribution in [0, 0.1) is 11.8 Å². The van der Waals surface area contributed by atoms with Gasteiger partial charge in [0.1, 0.15) is 0 Å². The molecule has 30 heavy (non-hydrogen) atoms. The highest BCUT2D eigenvalue weighted by atomic mass is 31.1. The minimum atomic E-state index is -0.163. The van der Waals surface area contributed by atoms with Crippen molar-refractivity contribution in [3.8, 4) is 11.1 Å². The van der Waals surface area contributed by atoms with E-state index < -0.39 is 0 Å². The van der Waals surface area contributed by atoms with Gasteiger partial charge in [0.15, 0.2) is 0 Å². The highest BCUT2D eigenvalue weighted by Gasteiger charge is 2.24. The minimum Gasteiger partial charge on any atom is -0.0741 e. The summed E-state index contributed by atoms with van der Waals surface area (Å²) in [5.41, 5.74) is 7.57. The first-order chi connectivity index (χ1) is 14.0. The average molecular weight is 425 g/mol. The van der Waals surface area contributed by atoms with Crippen molar-refractivity contribution in [1.82, 2.24) is 0 Å². The van der Waals surface area contributed by atoms with Gasteiger partial charge in [-0.2, -0.15) is 0 Å². The Kier molecular flexibility index (Phi) is 9.17. The van der Waals surface area contributed by atoms with E-state index in [1.165, 1.54) is 40.1 Å². The van der Waals surface area contributed by atoms with E-state index in [2.05, 4.69) is 106 Å². The normalized spacial score (nSPS) is 12.4. The van der Waals surface area contributed by atoms with Gasteiger partial charge >= 0.3 is 0 Å². The smallest absolute Gasteiger partial charge is 0.0101 e. The summed E-state index contributed by atoms with van der Waals surface area (Å²) in [6.07, 6.45) is 2.64. The lowest BCUT2D eigenvalue weighted by atomic mass is 9.82. The number of hydrogen-bond acceptors (Lipinski definition) is 0. The van der Waals surface area contributed by atoms with Crippen LogP contribution in [0.25, 0.3) is 11.1 Å². The molecule has 0 amide bonds. The van der Waals surface area contributed by atoms with Gasteiger partial charge in [0.25, 0.3) is 0 Å². The van der Waals surface area contributed by atoms with Gasteiger partial charge in [-0.05, 0) is 75.0 Å². The van der Waals surface area contributed by atoms with Gasteiger partial charge < -0.3 is 0 Å². The molecule has 0 heterocycles. The summed E-state index contributed by atoms with van der Waals surface area (Å²) in [6.45, 7) is 23.6. The highest BCUT2D eigenvalue weighted by molar-refractivity contribution is 7.66. The molecule has 1 heteroatoms. The largest absolute Gasteiger partial charge is 0.0741 e. The Morgan fingerprint density at radius 2 is 1.10 bits per heavy atom. The lowest BCUT2D eigenvalue weighted by Crippen LogP contribution is -2.16. The quantitative estimate of drug-likeness (QED) is 0.352. The van der Waals surface area contributed by atoms with Crippen molar-refractivity contribution in [2.75, 3.05) is 12.3 Å². The van der Waals surface area contributed by atoms with Crippen LogP contribution in [-0.4, -0.2) is 12.3 Å². The standard InChI is InChI=1S/C29H45P/c1-19(2)17-30(18-20(3)4)28-14-12-11-13-25(28)29-26(22(7)8)15-24(21(5)6)16-27(29)23(9)10/h11-16,19-23H,17-18H2,1-10H3. The predicted molar refractivity (Wildman–Crippen MR) is 140 cm³/mol. The molecule has 0 aliphatic carbocycles. The molecule has 0 N–H and O–H groups in total. The summed E-state index contributed by atoms with van der Waals surface area (Å²) in [6, 6.07) is 14.4. The lowest BCUT2D eigenvalue weighted by molar-refractivity contribution is 0.721. The lowest BCUT2D eigenvalue weighted by Gasteiger charge is -2.28. The minimum absolute atomic E-state index is 0.163. The third-order valence-corrected chi connectivity index (χ3v) is 9.23. The Labute approximate surface area is 188 Å². The van der Waals surface area contributed by atoms with Gasteiger partial charge in [0, 0.05) is 0 Å². The molecule has 2 aromatic rings. The van der Waals surface area contributed by atoms with Crippen LogP contribution >= 0.6 is 7.92 Å². The first kappa shape index (κ1) is 25.1. The third-order valence-electron chi connectivity index (χ3n) is 5.82. The van der Waals surface area contributed by atoms with E-state index in [1.807, 2.05) is 0 Å². The summed E-state index contributed by atoms with van der Waals surface area (Å²) in [7, 11) is -0.163. The molecule has 0 unspecified atom stereocenters. The molecule has 0 saturated heterocycles. The molecule has 0 bridgehead atoms. The summed E-state index contributed by atoms with van der Waals surface area (Å²) in [5, 5.41) is 1.62. The molecule has 2 rings (SSSR count). The third kappa shape index (κ3) is 6.20. The highest BCUT2D eigenvalue weighted by Crippen LogP contribution is 2.45. The zero-order valence-electron chi connectivity index (χ0n) is 21.2. The Hall–Kier alpha value is -1.13. The van der Waals surface area contributed by atoms with Crippen molar-refractivity contribution < 1.29 is 0 Å². The van der Waals surface area contributed by atoms with E-state index in [0.717, 1.165) is 11.8 Å². The summed E-state index contributed by atoms with van der Waals surface area (Å²) in [5.74, 6) is 3.07. The molecule has 0 saturated carbocycles. The van der Waals surface area contributed by atoms with Crippen LogP contribution in [0.15, 0.2) is 36.4 Å². The molecule has 0 aromatic heterocycles. The predicted octanol–water partition coefficient (Wildman–Crippen LogP) is 9.14. The molecule has 0 aliphatic rings. The van der Waals surface area contributed by atoms with E-state index in [0.29, 0.717) is 17.8 Å². The Morgan fingerprint density at radius 1 is 0.633 bits per heavy atom. The van der Waals surface area contributed by atoms with Gasteiger partial charge in [-0.3, -0.25) is 0 Å².